The van der Waals surface area contributed by atoms with E-state index in [4.69, 9.17) is 0 Å². The number of nitrogens with one attached hydrogen (secondary N) is 1. The zero-order valence-electron chi connectivity index (χ0n) is 11.7. The summed E-state index contributed by atoms with van der Waals surface area (Å²) in [6, 6.07) is 1.21. The smallest absolute Gasteiger partial charge is 0.0192 e. The van der Waals surface area contributed by atoms with E-state index in [0.717, 1.165) is 13.1 Å². The van der Waals surface area contributed by atoms with E-state index < -0.39 is 0 Å². The molecule has 92 valence electrons. The highest BCUT2D eigenvalue weighted by atomic mass is 15.2. The van der Waals surface area contributed by atoms with Gasteiger partial charge in [-0.05, 0) is 39.3 Å². The van der Waals surface area contributed by atoms with Crippen molar-refractivity contribution in [2.24, 2.45) is 5.41 Å². The summed E-state index contributed by atoms with van der Waals surface area (Å²) in [6.45, 7) is 16.0. The molecule has 0 aliphatic carbocycles. The molecule has 0 aliphatic heterocycles. The molecule has 0 saturated carbocycles. The number of nitrogens with zero attached hydrogens (tertiary/aromatic N) is 1. The van der Waals surface area contributed by atoms with Gasteiger partial charge in [-0.3, -0.25) is 4.90 Å². The average molecular weight is 214 g/mol. The van der Waals surface area contributed by atoms with E-state index in [2.05, 4.69) is 58.8 Å². The van der Waals surface area contributed by atoms with Gasteiger partial charge >= 0.3 is 0 Å². The van der Waals surface area contributed by atoms with Crippen molar-refractivity contribution in [3.05, 3.63) is 0 Å². The summed E-state index contributed by atoms with van der Waals surface area (Å²) >= 11 is 0. The van der Waals surface area contributed by atoms with E-state index in [1.165, 1.54) is 6.42 Å². The fourth-order valence-corrected chi connectivity index (χ4v) is 1.62. The molecule has 2 nitrogen and oxygen atoms in total. The first kappa shape index (κ1) is 14.9. The zero-order valence-corrected chi connectivity index (χ0v) is 11.7. The standard InChI is InChI=1S/C13H30N2/c1-8-9-14-10-11(2)15(7)12(3)13(4,5)6/h11-12,14H,8-10H2,1-7H3. The molecule has 0 heterocycles. The number of hydrogen-bond donors (Lipinski definition) is 1. The highest BCUT2D eigenvalue weighted by Crippen LogP contribution is 2.24. The molecule has 2 heteroatoms. The van der Waals surface area contributed by atoms with Crippen LogP contribution < -0.4 is 5.32 Å². The number of likely N-dealkylation sites (N-methyl/N-ethyl adjacent to an activating group) is 1. The fourth-order valence-electron chi connectivity index (χ4n) is 1.62. The van der Waals surface area contributed by atoms with E-state index in [-0.39, 0.29) is 0 Å². The second kappa shape index (κ2) is 6.49. The highest BCUT2D eigenvalue weighted by molar-refractivity contribution is 4.81. The third kappa shape index (κ3) is 5.53. The van der Waals surface area contributed by atoms with Crippen LogP contribution in [0.5, 0.6) is 0 Å². The molecular weight excluding hydrogens is 184 g/mol. The van der Waals surface area contributed by atoms with Crippen molar-refractivity contribution in [2.45, 2.75) is 60.0 Å². The van der Waals surface area contributed by atoms with Crippen molar-refractivity contribution in [1.82, 2.24) is 10.2 Å². The van der Waals surface area contributed by atoms with Gasteiger partial charge in [-0.15, -0.1) is 0 Å². The van der Waals surface area contributed by atoms with Crippen LogP contribution in [-0.2, 0) is 0 Å². The van der Waals surface area contributed by atoms with Crippen LogP contribution in [0.3, 0.4) is 0 Å². The second-order valence-electron chi connectivity index (χ2n) is 5.76. The van der Waals surface area contributed by atoms with E-state index in [9.17, 15) is 0 Å². The van der Waals surface area contributed by atoms with E-state index in [1.54, 1.807) is 0 Å². The fraction of sp³-hybridized carbons (Fsp3) is 1.00. The van der Waals surface area contributed by atoms with Gasteiger partial charge < -0.3 is 5.32 Å². The normalized spacial score (nSPS) is 16.8. The van der Waals surface area contributed by atoms with Crippen LogP contribution in [0.1, 0.15) is 48.0 Å². The van der Waals surface area contributed by atoms with Crippen molar-refractivity contribution in [2.75, 3.05) is 20.1 Å². The van der Waals surface area contributed by atoms with Crippen molar-refractivity contribution in [3.63, 3.8) is 0 Å². The zero-order chi connectivity index (χ0) is 12.1. The summed E-state index contributed by atoms with van der Waals surface area (Å²) in [5, 5.41) is 3.48. The quantitative estimate of drug-likeness (QED) is 0.684. The maximum absolute atomic E-state index is 3.48. The van der Waals surface area contributed by atoms with Gasteiger partial charge in [-0.25, -0.2) is 0 Å². The number of hydrogen-bond acceptors (Lipinski definition) is 2. The van der Waals surface area contributed by atoms with Gasteiger partial charge in [0.15, 0.2) is 0 Å². The van der Waals surface area contributed by atoms with Crippen LogP contribution in [-0.4, -0.2) is 37.1 Å². The lowest BCUT2D eigenvalue weighted by molar-refractivity contribution is 0.104. The summed E-state index contributed by atoms with van der Waals surface area (Å²) in [7, 11) is 2.23. The minimum Gasteiger partial charge on any atom is -0.315 e. The van der Waals surface area contributed by atoms with Crippen LogP contribution in [0.4, 0.5) is 0 Å². The Bertz CT molecular complexity index is 160. The molecule has 0 bridgehead atoms. The molecule has 0 saturated heterocycles. The maximum Gasteiger partial charge on any atom is 0.0192 e. The minimum atomic E-state index is 0.355. The highest BCUT2D eigenvalue weighted by Gasteiger charge is 2.26. The Balaban J connectivity index is 4.02. The monoisotopic (exact) mass is 214 g/mol. The Morgan fingerprint density at radius 2 is 1.73 bits per heavy atom. The molecule has 0 aliphatic rings. The van der Waals surface area contributed by atoms with E-state index >= 15 is 0 Å². The molecule has 2 atom stereocenters. The molecule has 0 radical (unpaired) electrons. The van der Waals surface area contributed by atoms with Crippen LogP contribution in [0.15, 0.2) is 0 Å². The van der Waals surface area contributed by atoms with E-state index in [0.29, 0.717) is 17.5 Å². The van der Waals surface area contributed by atoms with Gasteiger partial charge in [-0.2, -0.15) is 0 Å². The topological polar surface area (TPSA) is 15.3 Å². The Hall–Kier alpha value is -0.0800. The summed E-state index contributed by atoms with van der Waals surface area (Å²) < 4.78 is 0. The Morgan fingerprint density at radius 1 is 1.20 bits per heavy atom. The van der Waals surface area contributed by atoms with Gasteiger partial charge in [0.05, 0.1) is 0 Å². The first-order chi connectivity index (χ1) is 6.80. The lowest BCUT2D eigenvalue weighted by atomic mass is 9.86. The first-order valence-electron chi connectivity index (χ1n) is 6.23. The van der Waals surface area contributed by atoms with Gasteiger partial charge in [0.1, 0.15) is 0 Å². The van der Waals surface area contributed by atoms with Crippen LogP contribution in [0, 0.1) is 5.41 Å². The first-order valence-corrected chi connectivity index (χ1v) is 6.23. The van der Waals surface area contributed by atoms with Gasteiger partial charge in [0.25, 0.3) is 0 Å². The summed E-state index contributed by atoms with van der Waals surface area (Å²) in [5.74, 6) is 0. The predicted octanol–water partition coefficient (Wildman–Crippen LogP) is 2.74. The molecule has 0 aromatic heterocycles. The number of rotatable bonds is 6. The summed E-state index contributed by atoms with van der Waals surface area (Å²) in [5.41, 5.74) is 0.355. The van der Waals surface area contributed by atoms with Crippen LogP contribution in [0.25, 0.3) is 0 Å². The Morgan fingerprint density at radius 3 is 2.13 bits per heavy atom. The predicted molar refractivity (Wildman–Crippen MR) is 69.3 cm³/mol. The molecule has 2 unspecified atom stereocenters. The molecule has 15 heavy (non-hydrogen) atoms. The van der Waals surface area contributed by atoms with Crippen LogP contribution in [0.2, 0.25) is 0 Å². The minimum absolute atomic E-state index is 0.355. The Kier molecular flexibility index (Phi) is 6.46. The third-order valence-corrected chi connectivity index (χ3v) is 3.43. The van der Waals surface area contributed by atoms with Crippen molar-refractivity contribution in [1.29, 1.82) is 0 Å². The molecule has 0 amide bonds. The van der Waals surface area contributed by atoms with Crippen molar-refractivity contribution in [3.8, 4) is 0 Å². The molecule has 0 spiro atoms. The molecule has 0 aromatic carbocycles. The lowest BCUT2D eigenvalue weighted by Gasteiger charge is -2.39. The van der Waals surface area contributed by atoms with Gasteiger partial charge in [0, 0.05) is 18.6 Å². The summed E-state index contributed by atoms with van der Waals surface area (Å²) in [6.07, 6.45) is 1.21. The van der Waals surface area contributed by atoms with E-state index in [1.807, 2.05) is 0 Å². The molecule has 0 aromatic rings. The van der Waals surface area contributed by atoms with Crippen molar-refractivity contribution >= 4 is 0 Å². The Labute approximate surface area is 96.4 Å². The van der Waals surface area contributed by atoms with Gasteiger partial charge in [-0.1, -0.05) is 27.7 Å². The van der Waals surface area contributed by atoms with Gasteiger partial charge in [0.2, 0.25) is 0 Å². The average Bonchev–Trinajstić information content (AvgIpc) is 2.14. The maximum atomic E-state index is 3.48. The second-order valence-corrected chi connectivity index (χ2v) is 5.76. The molecule has 1 N–H and O–H groups in total. The largest absolute Gasteiger partial charge is 0.315 e. The van der Waals surface area contributed by atoms with Crippen LogP contribution >= 0.6 is 0 Å². The summed E-state index contributed by atoms with van der Waals surface area (Å²) in [4.78, 5) is 2.47. The lowest BCUT2D eigenvalue weighted by Crippen LogP contribution is -2.47. The molecular formula is C13H30N2. The SMILES string of the molecule is CCCNCC(C)N(C)C(C)C(C)(C)C. The van der Waals surface area contributed by atoms with Crippen molar-refractivity contribution < 1.29 is 0 Å². The molecule has 0 fully saturated rings. The molecule has 0 rings (SSSR count). The third-order valence-electron chi connectivity index (χ3n) is 3.43.